The zero-order valence-electron chi connectivity index (χ0n) is 11.2. The zero-order chi connectivity index (χ0) is 13.8. The number of benzene rings is 1. The predicted octanol–water partition coefficient (Wildman–Crippen LogP) is 2.90. The van der Waals surface area contributed by atoms with E-state index < -0.39 is 11.9 Å². The second-order valence-corrected chi connectivity index (χ2v) is 4.74. The number of hydrogen-bond donors (Lipinski definition) is 2. The Kier molecular flexibility index (Phi) is 4.00. The van der Waals surface area contributed by atoms with Crippen LogP contribution in [0.3, 0.4) is 0 Å². The molecule has 4 heteroatoms. The summed E-state index contributed by atoms with van der Waals surface area (Å²) in [6, 6.07) is 8.29. The van der Waals surface area contributed by atoms with E-state index in [2.05, 4.69) is 41.2 Å². The summed E-state index contributed by atoms with van der Waals surface area (Å²) < 4.78 is 0. The minimum atomic E-state index is -0.801. The molecule has 0 aliphatic carbocycles. The Morgan fingerprint density at radius 3 is 2.63 bits per heavy atom. The average Bonchev–Trinajstić information content (AvgIpc) is 2.87. The van der Waals surface area contributed by atoms with Gasteiger partial charge in [-0.2, -0.15) is 0 Å². The van der Waals surface area contributed by atoms with Crippen molar-refractivity contribution in [3.63, 3.8) is 0 Å². The lowest BCUT2D eigenvalue weighted by Gasteiger charge is -2.03. The van der Waals surface area contributed by atoms with Gasteiger partial charge < -0.3 is 10.1 Å². The molecule has 2 rings (SSSR count). The molecule has 0 aliphatic rings. The summed E-state index contributed by atoms with van der Waals surface area (Å²) in [5.74, 6) is -0.517. The number of aromatic amines is 1. The third-order valence-corrected chi connectivity index (χ3v) is 3.22. The lowest BCUT2D eigenvalue weighted by Crippen LogP contribution is -2.12. The smallest absolute Gasteiger partial charge is 0.306 e. The molecule has 0 fully saturated rings. The Morgan fingerprint density at radius 1 is 1.37 bits per heavy atom. The summed E-state index contributed by atoms with van der Waals surface area (Å²) in [6.45, 7) is 3.80. The van der Waals surface area contributed by atoms with Crippen molar-refractivity contribution in [2.75, 3.05) is 0 Å². The second-order valence-electron chi connectivity index (χ2n) is 4.74. The third kappa shape index (κ3) is 3.22. The summed E-state index contributed by atoms with van der Waals surface area (Å²) in [6.07, 6.45) is 3.19. The van der Waals surface area contributed by atoms with Crippen molar-refractivity contribution in [3.8, 4) is 11.3 Å². The van der Waals surface area contributed by atoms with E-state index in [0.29, 0.717) is 12.2 Å². The first-order valence-electron chi connectivity index (χ1n) is 6.46. The quantitative estimate of drug-likeness (QED) is 0.866. The number of imidazole rings is 1. The van der Waals surface area contributed by atoms with Gasteiger partial charge in [-0.25, -0.2) is 4.98 Å². The molecule has 0 aliphatic heterocycles. The molecular formula is C15H18N2O2. The van der Waals surface area contributed by atoms with Crippen LogP contribution in [0, 0.1) is 5.92 Å². The molecule has 0 amide bonds. The van der Waals surface area contributed by atoms with Crippen molar-refractivity contribution >= 4 is 5.97 Å². The van der Waals surface area contributed by atoms with Gasteiger partial charge in [0.1, 0.15) is 5.82 Å². The summed E-state index contributed by atoms with van der Waals surface area (Å²) in [7, 11) is 0. The van der Waals surface area contributed by atoms with E-state index in [1.807, 2.05) is 0 Å². The minimum Gasteiger partial charge on any atom is -0.481 e. The monoisotopic (exact) mass is 258 g/mol. The Labute approximate surface area is 112 Å². The van der Waals surface area contributed by atoms with Crippen LogP contribution in [0.15, 0.2) is 30.5 Å². The van der Waals surface area contributed by atoms with Crippen LogP contribution in [0.25, 0.3) is 11.3 Å². The maximum absolute atomic E-state index is 10.8. The Bertz CT molecular complexity index is 558. The van der Waals surface area contributed by atoms with Crippen molar-refractivity contribution in [1.82, 2.24) is 9.97 Å². The first kappa shape index (κ1) is 13.3. The van der Waals surface area contributed by atoms with Crippen molar-refractivity contribution in [3.05, 3.63) is 41.9 Å². The Hall–Kier alpha value is -2.10. The number of aliphatic carboxylic acids is 1. The van der Waals surface area contributed by atoms with Crippen LogP contribution in [0.4, 0.5) is 0 Å². The highest BCUT2D eigenvalue weighted by Gasteiger charge is 2.13. The molecular weight excluding hydrogens is 240 g/mol. The van der Waals surface area contributed by atoms with Gasteiger partial charge in [-0.05, 0) is 17.5 Å². The Morgan fingerprint density at radius 2 is 2.05 bits per heavy atom. The standard InChI is InChI=1S/C15H18N2O2/c1-3-11-4-6-12(7-5-11)13-9-16-14(17-13)8-10(2)15(18)19/h4-7,9-10H,3,8H2,1-2H3,(H,16,17)(H,18,19). The number of nitrogens with zero attached hydrogens (tertiary/aromatic N) is 1. The predicted molar refractivity (Wildman–Crippen MR) is 73.9 cm³/mol. The summed E-state index contributed by atoms with van der Waals surface area (Å²) in [5.41, 5.74) is 3.29. The van der Waals surface area contributed by atoms with Gasteiger partial charge in [-0.15, -0.1) is 0 Å². The van der Waals surface area contributed by atoms with Gasteiger partial charge in [0, 0.05) is 6.42 Å². The number of rotatable bonds is 5. The average molecular weight is 258 g/mol. The number of carboxylic acids is 1. The highest BCUT2D eigenvalue weighted by atomic mass is 16.4. The summed E-state index contributed by atoms with van der Waals surface area (Å²) in [5, 5.41) is 8.88. The molecule has 100 valence electrons. The number of aromatic nitrogens is 2. The molecule has 0 saturated heterocycles. The molecule has 1 atom stereocenters. The molecule has 2 aromatic rings. The highest BCUT2D eigenvalue weighted by Crippen LogP contribution is 2.19. The fraction of sp³-hybridized carbons (Fsp3) is 0.333. The Balaban J connectivity index is 2.13. The fourth-order valence-corrected chi connectivity index (χ4v) is 1.91. The van der Waals surface area contributed by atoms with E-state index in [1.165, 1.54) is 5.56 Å². The molecule has 0 spiro atoms. The van der Waals surface area contributed by atoms with Gasteiger partial charge in [-0.3, -0.25) is 4.79 Å². The van der Waals surface area contributed by atoms with Crippen molar-refractivity contribution in [2.45, 2.75) is 26.7 Å². The molecule has 1 aromatic carbocycles. The SMILES string of the molecule is CCc1ccc(-c2cnc(CC(C)C(=O)O)[nH]2)cc1. The van der Waals surface area contributed by atoms with Crippen LogP contribution >= 0.6 is 0 Å². The fourth-order valence-electron chi connectivity index (χ4n) is 1.91. The van der Waals surface area contributed by atoms with Gasteiger partial charge in [0.2, 0.25) is 0 Å². The maximum Gasteiger partial charge on any atom is 0.306 e. The van der Waals surface area contributed by atoms with Gasteiger partial charge >= 0.3 is 5.97 Å². The first-order chi connectivity index (χ1) is 9.10. The van der Waals surface area contributed by atoms with E-state index in [0.717, 1.165) is 17.7 Å². The van der Waals surface area contributed by atoms with Crippen LogP contribution in [-0.4, -0.2) is 21.0 Å². The number of hydrogen-bond acceptors (Lipinski definition) is 2. The molecule has 0 saturated carbocycles. The van der Waals surface area contributed by atoms with Gasteiger partial charge in [-0.1, -0.05) is 38.1 Å². The lowest BCUT2D eigenvalue weighted by atomic mass is 10.1. The van der Waals surface area contributed by atoms with Crippen molar-refractivity contribution < 1.29 is 9.90 Å². The van der Waals surface area contributed by atoms with Crippen LogP contribution in [0.2, 0.25) is 0 Å². The van der Waals surface area contributed by atoms with Crippen LogP contribution in [0.5, 0.6) is 0 Å². The molecule has 2 N–H and O–H groups in total. The third-order valence-electron chi connectivity index (χ3n) is 3.22. The number of carboxylic acid groups (broad SMARTS) is 1. The summed E-state index contributed by atoms with van der Waals surface area (Å²) >= 11 is 0. The van der Waals surface area contributed by atoms with E-state index in [9.17, 15) is 4.79 Å². The van der Waals surface area contributed by atoms with Crippen LogP contribution < -0.4 is 0 Å². The van der Waals surface area contributed by atoms with Crippen LogP contribution in [0.1, 0.15) is 25.2 Å². The topological polar surface area (TPSA) is 66.0 Å². The highest BCUT2D eigenvalue weighted by molar-refractivity contribution is 5.69. The van der Waals surface area contributed by atoms with Crippen molar-refractivity contribution in [1.29, 1.82) is 0 Å². The summed E-state index contributed by atoms with van der Waals surface area (Å²) in [4.78, 5) is 18.2. The molecule has 0 bridgehead atoms. The van der Waals surface area contributed by atoms with Gasteiger partial charge in [0.25, 0.3) is 0 Å². The van der Waals surface area contributed by atoms with Gasteiger partial charge in [0.15, 0.2) is 0 Å². The number of carbonyl (C=O) groups is 1. The normalized spacial score (nSPS) is 12.3. The van der Waals surface area contributed by atoms with Crippen molar-refractivity contribution in [2.24, 2.45) is 5.92 Å². The number of aryl methyl sites for hydroxylation is 1. The second kappa shape index (κ2) is 5.69. The lowest BCUT2D eigenvalue weighted by molar-refractivity contribution is -0.141. The molecule has 19 heavy (non-hydrogen) atoms. The molecule has 1 aromatic heterocycles. The van der Waals surface area contributed by atoms with Crippen LogP contribution in [-0.2, 0) is 17.6 Å². The van der Waals surface area contributed by atoms with Gasteiger partial charge in [0.05, 0.1) is 17.8 Å². The number of H-pyrrole nitrogens is 1. The van der Waals surface area contributed by atoms with E-state index in [4.69, 9.17) is 5.11 Å². The van der Waals surface area contributed by atoms with E-state index >= 15 is 0 Å². The van der Waals surface area contributed by atoms with E-state index in [-0.39, 0.29) is 0 Å². The maximum atomic E-state index is 10.8. The minimum absolute atomic E-state index is 0.419. The largest absolute Gasteiger partial charge is 0.481 e. The first-order valence-corrected chi connectivity index (χ1v) is 6.46. The zero-order valence-corrected chi connectivity index (χ0v) is 11.2. The molecule has 4 nitrogen and oxygen atoms in total. The molecule has 0 radical (unpaired) electrons. The molecule has 1 unspecified atom stereocenters. The number of nitrogens with one attached hydrogen (secondary N) is 1. The van der Waals surface area contributed by atoms with E-state index in [1.54, 1.807) is 13.1 Å². The molecule has 1 heterocycles.